The highest BCUT2D eigenvalue weighted by Gasteiger charge is 2.41. The summed E-state index contributed by atoms with van der Waals surface area (Å²) < 4.78 is 19.1. The van der Waals surface area contributed by atoms with E-state index in [1.54, 1.807) is 19.2 Å². The largest absolute Gasteiger partial charge is 0.361 e. The molecule has 0 spiro atoms. The van der Waals surface area contributed by atoms with E-state index >= 15 is 0 Å². The molecule has 3 rings (SSSR count). The molecule has 1 saturated carbocycles. The molecule has 0 saturated heterocycles. The smallest absolute Gasteiger partial charge is 0.191 e. The van der Waals surface area contributed by atoms with Gasteiger partial charge in [-0.25, -0.2) is 4.39 Å². The molecule has 1 aromatic carbocycles. The minimum atomic E-state index is -0.254. The molecule has 0 aliphatic heterocycles. The summed E-state index contributed by atoms with van der Waals surface area (Å²) >= 11 is 6.13. The third-order valence-corrected chi connectivity index (χ3v) is 4.65. The molecule has 5 nitrogen and oxygen atoms in total. The van der Waals surface area contributed by atoms with Gasteiger partial charge in [0.05, 0.1) is 5.69 Å². The Balaban J connectivity index is 1.60. The minimum absolute atomic E-state index is 0.0660. The molecule has 1 fully saturated rings. The van der Waals surface area contributed by atoms with Crippen LogP contribution in [0.15, 0.2) is 27.7 Å². The lowest BCUT2D eigenvalue weighted by molar-refractivity contribution is 0.392. The third kappa shape index (κ3) is 3.38. The van der Waals surface area contributed by atoms with Crippen LogP contribution in [0.1, 0.15) is 34.9 Å². The molecule has 24 heavy (non-hydrogen) atoms. The van der Waals surface area contributed by atoms with Crippen molar-refractivity contribution >= 4 is 17.6 Å². The van der Waals surface area contributed by atoms with Crippen molar-refractivity contribution in [1.82, 2.24) is 15.8 Å². The number of aromatic nitrogens is 1. The lowest BCUT2D eigenvalue weighted by atomic mass is 10.1. The molecule has 1 aromatic heterocycles. The number of hydrogen-bond donors (Lipinski definition) is 2. The fourth-order valence-electron chi connectivity index (χ4n) is 2.84. The second-order valence-electron chi connectivity index (χ2n) is 5.96. The van der Waals surface area contributed by atoms with E-state index in [1.165, 1.54) is 6.07 Å². The molecule has 2 atom stereocenters. The summed E-state index contributed by atoms with van der Waals surface area (Å²) in [7, 11) is 1.70. The molecule has 0 bridgehead atoms. The van der Waals surface area contributed by atoms with Gasteiger partial charge in [-0.05, 0) is 32.4 Å². The van der Waals surface area contributed by atoms with Crippen molar-refractivity contribution in [1.29, 1.82) is 0 Å². The van der Waals surface area contributed by atoms with Gasteiger partial charge in [-0.3, -0.25) is 4.99 Å². The summed E-state index contributed by atoms with van der Waals surface area (Å²) in [4.78, 5) is 4.22. The van der Waals surface area contributed by atoms with E-state index in [0.717, 1.165) is 23.4 Å². The van der Waals surface area contributed by atoms with Crippen molar-refractivity contribution in [3.63, 3.8) is 0 Å². The minimum Gasteiger partial charge on any atom is -0.361 e. The number of hydrogen-bond acceptors (Lipinski definition) is 3. The van der Waals surface area contributed by atoms with Crippen LogP contribution in [0.5, 0.6) is 0 Å². The molecule has 1 aliphatic carbocycles. The van der Waals surface area contributed by atoms with Crippen LogP contribution in [0.2, 0.25) is 5.02 Å². The molecule has 2 N–H and O–H groups in total. The lowest BCUT2D eigenvalue weighted by Gasteiger charge is -2.12. The van der Waals surface area contributed by atoms with Gasteiger partial charge in [0.15, 0.2) is 5.96 Å². The Morgan fingerprint density at radius 1 is 1.46 bits per heavy atom. The summed E-state index contributed by atoms with van der Waals surface area (Å²) in [6.45, 7) is 4.35. The van der Waals surface area contributed by atoms with Crippen molar-refractivity contribution in [3.8, 4) is 0 Å². The molecule has 2 aromatic rings. The number of aliphatic imine (C=N–C) groups is 1. The maximum Gasteiger partial charge on any atom is 0.191 e. The van der Waals surface area contributed by atoms with E-state index in [4.69, 9.17) is 16.1 Å². The van der Waals surface area contributed by atoms with Crippen LogP contribution >= 0.6 is 11.6 Å². The predicted molar refractivity (Wildman–Crippen MR) is 91.9 cm³/mol. The molecule has 1 aliphatic rings. The summed E-state index contributed by atoms with van der Waals surface area (Å²) in [6, 6.07) is 4.91. The monoisotopic (exact) mass is 350 g/mol. The molecular formula is C17H20ClFN4O. The number of nitrogens with one attached hydrogen (secondary N) is 2. The first kappa shape index (κ1) is 16.8. The quantitative estimate of drug-likeness (QED) is 0.656. The third-order valence-electron chi connectivity index (χ3n) is 4.32. The van der Waals surface area contributed by atoms with Gasteiger partial charge in [0, 0.05) is 41.7 Å². The summed E-state index contributed by atoms with van der Waals surface area (Å²) in [5.41, 5.74) is 2.46. The Hall–Kier alpha value is -2.08. The number of guanidine groups is 1. The van der Waals surface area contributed by atoms with E-state index < -0.39 is 0 Å². The van der Waals surface area contributed by atoms with Gasteiger partial charge < -0.3 is 15.2 Å². The first-order chi connectivity index (χ1) is 11.5. The number of nitrogens with zero attached hydrogens (tertiary/aromatic N) is 2. The van der Waals surface area contributed by atoms with Gasteiger partial charge >= 0.3 is 0 Å². The maximum absolute atomic E-state index is 14.0. The molecule has 2 unspecified atom stereocenters. The molecule has 1 heterocycles. The number of aryl methyl sites for hydroxylation is 2. The summed E-state index contributed by atoms with van der Waals surface area (Å²) in [6.07, 6.45) is 0.826. The molecule has 0 amide bonds. The Kier molecular flexibility index (Phi) is 4.76. The van der Waals surface area contributed by atoms with Gasteiger partial charge in [0.2, 0.25) is 0 Å². The lowest BCUT2D eigenvalue weighted by Crippen LogP contribution is -2.38. The highest BCUT2D eigenvalue weighted by molar-refractivity contribution is 6.31. The van der Waals surface area contributed by atoms with Crippen LogP contribution in [-0.2, 0) is 6.54 Å². The Morgan fingerprint density at radius 2 is 2.25 bits per heavy atom. The van der Waals surface area contributed by atoms with Crippen LogP contribution in [0.3, 0.4) is 0 Å². The fourth-order valence-corrected chi connectivity index (χ4v) is 3.14. The zero-order valence-corrected chi connectivity index (χ0v) is 14.6. The predicted octanol–water partition coefficient (Wildman–Crippen LogP) is 3.31. The Morgan fingerprint density at radius 3 is 2.88 bits per heavy atom. The molecule has 128 valence electrons. The van der Waals surface area contributed by atoms with E-state index in [1.807, 2.05) is 13.8 Å². The topological polar surface area (TPSA) is 62.5 Å². The second kappa shape index (κ2) is 6.81. The van der Waals surface area contributed by atoms with Gasteiger partial charge in [0.1, 0.15) is 11.6 Å². The average molecular weight is 351 g/mol. The molecule has 7 heteroatoms. The van der Waals surface area contributed by atoms with Crippen LogP contribution < -0.4 is 10.6 Å². The van der Waals surface area contributed by atoms with Crippen molar-refractivity contribution < 1.29 is 8.91 Å². The Bertz CT molecular complexity index is 734. The standard InChI is InChI=1S/C17H20ClFN4O/c1-9-12(10(2)24-23-9)8-21-17(20-3)22-15-7-11(15)16-13(18)5-4-6-14(16)19/h4-6,11,15H,7-8H2,1-3H3,(H2,20,21,22). The van der Waals surface area contributed by atoms with Crippen LogP contribution in [0.25, 0.3) is 0 Å². The van der Waals surface area contributed by atoms with Crippen LogP contribution in [-0.4, -0.2) is 24.2 Å². The van der Waals surface area contributed by atoms with Crippen LogP contribution in [0, 0.1) is 19.7 Å². The number of rotatable bonds is 4. The molecular weight excluding hydrogens is 331 g/mol. The molecule has 0 radical (unpaired) electrons. The highest BCUT2D eigenvalue weighted by atomic mass is 35.5. The van der Waals surface area contributed by atoms with Gasteiger partial charge in [-0.15, -0.1) is 0 Å². The number of halogens is 2. The van der Waals surface area contributed by atoms with Crippen molar-refractivity contribution in [2.45, 2.75) is 38.8 Å². The van der Waals surface area contributed by atoms with E-state index in [-0.39, 0.29) is 17.8 Å². The second-order valence-corrected chi connectivity index (χ2v) is 6.36. The van der Waals surface area contributed by atoms with E-state index in [0.29, 0.717) is 23.1 Å². The zero-order chi connectivity index (χ0) is 17.3. The van der Waals surface area contributed by atoms with Crippen molar-refractivity contribution in [2.75, 3.05) is 7.05 Å². The van der Waals surface area contributed by atoms with Gasteiger partial charge in [-0.2, -0.15) is 0 Å². The zero-order valence-electron chi connectivity index (χ0n) is 13.9. The maximum atomic E-state index is 14.0. The summed E-state index contributed by atoms with van der Waals surface area (Å²) in [5.74, 6) is 1.26. The summed E-state index contributed by atoms with van der Waals surface area (Å²) in [5, 5.41) is 11.0. The average Bonchev–Trinajstić information content (AvgIpc) is 3.22. The van der Waals surface area contributed by atoms with Crippen molar-refractivity contribution in [2.24, 2.45) is 4.99 Å². The Labute approximate surface area is 145 Å². The van der Waals surface area contributed by atoms with Crippen molar-refractivity contribution in [3.05, 3.63) is 51.6 Å². The van der Waals surface area contributed by atoms with Gasteiger partial charge in [0.25, 0.3) is 0 Å². The van der Waals surface area contributed by atoms with E-state index in [9.17, 15) is 4.39 Å². The SMILES string of the molecule is CN=C(NCc1c(C)noc1C)NC1CC1c1c(F)cccc1Cl. The number of benzene rings is 1. The van der Waals surface area contributed by atoms with Crippen LogP contribution in [0.4, 0.5) is 4.39 Å². The van der Waals surface area contributed by atoms with E-state index in [2.05, 4.69) is 20.8 Å². The highest BCUT2D eigenvalue weighted by Crippen LogP contribution is 2.44. The fraction of sp³-hybridized carbons (Fsp3) is 0.412. The normalized spacial score (nSPS) is 20.1. The first-order valence-electron chi connectivity index (χ1n) is 7.84. The van der Waals surface area contributed by atoms with Gasteiger partial charge in [-0.1, -0.05) is 22.8 Å². The first-order valence-corrected chi connectivity index (χ1v) is 8.22.